The molecular weight excluding hydrogens is 148 g/mol. The molecule has 0 aromatic rings. The summed E-state index contributed by atoms with van der Waals surface area (Å²) in [7, 11) is 4.01. The fourth-order valence-electron chi connectivity index (χ4n) is 1.00. The van der Waals surface area contributed by atoms with E-state index in [4.69, 9.17) is 0 Å². The monoisotopic (exact) mass is 168 g/mol. The minimum absolute atomic E-state index is 0.849. The van der Waals surface area contributed by atoms with E-state index in [2.05, 4.69) is 25.4 Å². The fourth-order valence-corrected chi connectivity index (χ4v) is 1.00. The lowest BCUT2D eigenvalue weighted by atomic mass is 10.1. The van der Waals surface area contributed by atoms with Crippen LogP contribution in [0.3, 0.4) is 0 Å². The van der Waals surface area contributed by atoms with E-state index in [9.17, 15) is 0 Å². The Bertz CT molecular complexity index is 169. The molecule has 2 heteroatoms. The quantitative estimate of drug-likeness (QED) is 0.575. The largest absolute Gasteiger partial charge is 0.377 e. The van der Waals surface area contributed by atoms with Gasteiger partial charge in [-0.25, -0.2) is 0 Å². The Labute approximate surface area is 76.0 Å². The van der Waals surface area contributed by atoms with E-state index in [-0.39, 0.29) is 0 Å². The zero-order chi connectivity index (χ0) is 9.56. The van der Waals surface area contributed by atoms with Crippen molar-refractivity contribution in [2.45, 2.75) is 26.7 Å². The van der Waals surface area contributed by atoms with Crippen LogP contribution in [0.4, 0.5) is 0 Å². The molecule has 0 atom stereocenters. The standard InChI is InChI=1S/C10H20N2/c1-6-8-10(11-7-2)9(3)12(4)5/h3,6-8H2,1-2,4-5H3/b11-10-. The summed E-state index contributed by atoms with van der Waals surface area (Å²) in [6, 6.07) is 0. The predicted octanol–water partition coefficient (Wildman–Crippen LogP) is 2.32. The van der Waals surface area contributed by atoms with Crippen LogP contribution < -0.4 is 0 Å². The molecule has 0 radical (unpaired) electrons. The predicted molar refractivity (Wildman–Crippen MR) is 55.7 cm³/mol. The summed E-state index contributed by atoms with van der Waals surface area (Å²) in [6.07, 6.45) is 2.16. The first kappa shape index (κ1) is 11.2. The van der Waals surface area contributed by atoms with Gasteiger partial charge in [0, 0.05) is 20.6 Å². The second kappa shape index (κ2) is 5.81. The van der Waals surface area contributed by atoms with Crippen molar-refractivity contribution in [1.82, 2.24) is 4.90 Å². The Morgan fingerprint density at radius 2 is 1.92 bits per heavy atom. The Morgan fingerprint density at radius 3 is 2.25 bits per heavy atom. The Morgan fingerprint density at radius 1 is 1.33 bits per heavy atom. The van der Waals surface area contributed by atoms with Crippen molar-refractivity contribution in [3.63, 3.8) is 0 Å². The summed E-state index contributed by atoms with van der Waals surface area (Å²) in [5.41, 5.74) is 2.18. The maximum Gasteiger partial charge on any atom is 0.0574 e. The molecule has 0 saturated carbocycles. The molecule has 0 bridgehead atoms. The zero-order valence-corrected chi connectivity index (χ0v) is 8.72. The number of aliphatic imine (C=N–C) groups is 1. The molecule has 0 spiro atoms. The molecule has 0 heterocycles. The molecule has 0 aliphatic heterocycles. The van der Waals surface area contributed by atoms with E-state index in [1.54, 1.807) is 0 Å². The van der Waals surface area contributed by atoms with Crippen LogP contribution in [0.2, 0.25) is 0 Å². The Hall–Kier alpha value is -0.790. The highest BCUT2D eigenvalue weighted by molar-refractivity contribution is 5.98. The maximum atomic E-state index is 4.41. The van der Waals surface area contributed by atoms with Crippen LogP contribution in [0.5, 0.6) is 0 Å². The normalized spacial score (nSPS) is 11.5. The van der Waals surface area contributed by atoms with Gasteiger partial charge in [-0.15, -0.1) is 0 Å². The molecule has 0 aromatic heterocycles. The highest BCUT2D eigenvalue weighted by Gasteiger charge is 2.04. The first-order chi connectivity index (χ1) is 5.63. The molecule has 12 heavy (non-hydrogen) atoms. The van der Waals surface area contributed by atoms with Gasteiger partial charge in [0.05, 0.1) is 11.4 Å². The van der Waals surface area contributed by atoms with Crippen LogP contribution >= 0.6 is 0 Å². The molecule has 2 nitrogen and oxygen atoms in total. The van der Waals surface area contributed by atoms with Crippen molar-refractivity contribution in [2.75, 3.05) is 20.6 Å². The number of nitrogens with zero attached hydrogens (tertiary/aromatic N) is 2. The van der Waals surface area contributed by atoms with Crippen LogP contribution in [-0.2, 0) is 0 Å². The molecule has 0 rings (SSSR count). The van der Waals surface area contributed by atoms with Crippen LogP contribution in [-0.4, -0.2) is 31.3 Å². The third-order valence-corrected chi connectivity index (χ3v) is 1.71. The van der Waals surface area contributed by atoms with Gasteiger partial charge < -0.3 is 4.90 Å². The van der Waals surface area contributed by atoms with Gasteiger partial charge in [-0.2, -0.15) is 0 Å². The minimum atomic E-state index is 0.849. The zero-order valence-electron chi connectivity index (χ0n) is 8.72. The van der Waals surface area contributed by atoms with Gasteiger partial charge in [0.1, 0.15) is 0 Å². The van der Waals surface area contributed by atoms with Crippen LogP contribution in [0.15, 0.2) is 17.3 Å². The fraction of sp³-hybridized carbons (Fsp3) is 0.700. The lowest BCUT2D eigenvalue weighted by molar-refractivity contribution is 0.538. The van der Waals surface area contributed by atoms with Gasteiger partial charge in [0.2, 0.25) is 0 Å². The van der Waals surface area contributed by atoms with Crippen molar-refractivity contribution >= 4 is 5.71 Å². The van der Waals surface area contributed by atoms with Gasteiger partial charge in [-0.3, -0.25) is 4.99 Å². The number of allylic oxidation sites excluding steroid dienone is 1. The lowest BCUT2D eigenvalue weighted by Gasteiger charge is -2.17. The van der Waals surface area contributed by atoms with Crippen molar-refractivity contribution in [2.24, 2.45) is 4.99 Å². The smallest absolute Gasteiger partial charge is 0.0574 e. The van der Waals surface area contributed by atoms with E-state index in [1.165, 1.54) is 0 Å². The van der Waals surface area contributed by atoms with Crippen molar-refractivity contribution in [3.05, 3.63) is 12.3 Å². The summed E-state index contributed by atoms with van der Waals surface area (Å²) >= 11 is 0. The van der Waals surface area contributed by atoms with Gasteiger partial charge in [-0.05, 0) is 13.3 Å². The number of hydrogen-bond donors (Lipinski definition) is 0. The second-order valence-corrected chi connectivity index (χ2v) is 3.01. The number of hydrogen-bond acceptors (Lipinski definition) is 2. The van der Waals surface area contributed by atoms with Crippen LogP contribution in [0.1, 0.15) is 26.7 Å². The molecule has 0 amide bonds. The summed E-state index contributed by atoms with van der Waals surface area (Å²) in [5.74, 6) is 0. The van der Waals surface area contributed by atoms with Gasteiger partial charge in [0.15, 0.2) is 0 Å². The summed E-state index contributed by atoms with van der Waals surface area (Å²) in [5, 5.41) is 0. The SMILES string of the molecule is C=C(/C(CCC)=N\CC)N(C)C. The molecule has 0 saturated heterocycles. The van der Waals surface area contributed by atoms with E-state index >= 15 is 0 Å². The first-order valence-electron chi connectivity index (χ1n) is 4.53. The Balaban J connectivity index is 4.30. The lowest BCUT2D eigenvalue weighted by Crippen LogP contribution is -2.18. The van der Waals surface area contributed by atoms with Gasteiger partial charge in [-0.1, -0.05) is 19.9 Å². The van der Waals surface area contributed by atoms with Crippen LogP contribution in [0, 0.1) is 0 Å². The minimum Gasteiger partial charge on any atom is -0.377 e. The molecular formula is C10H20N2. The molecule has 0 unspecified atom stereocenters. The van der Waals surface area contributed by atoms with Crippen molar-refractivity contribution in [1.29, 1.82) is 0 Å². The van der Waals surface area contributed by atoms with Gasteiger partial charge >= 0.3 is 0 Å². The molecule has 0 aliphatic carbocycles. The number of rotatable bonds is 5. The van der Waals surface area contributed by atoms with E-state index in [1.807, 2.05) is 19.0 Å². The summed E-state index contributed by atoms with van der Waals surface area (Å²) < 4.78 is 0. The third-order valence-electron chi connectivity index (χ3n) is 1.71. The molecule has 70 valence electrons. The maximum absolute atomic E-state index is 4.41. The average Bonchev–Trinajstić information content (AvgIpc) is 2.03. The van der Waals surface area contributed by atoms with Crippen LogP contribution in [0.25, 0.3) is 0 Å². The van der Waals surface area contributed by atoms with E-state index in [0.29, 0.717) is 0 Å². The highest BCUT2D eigenvalue weighted by Crippen LogP contribution is 2.05. The molecule has 0 aromatic carbocycles. The first-order valence-corrected chi connectivity index (χ1v) is 4.53. The Kier molecular flexibility index (Phi) is 5.43. The highest BCUT2D eigenvalue weighted by atomic mass is 15.1. The van der Waals surface area contributed by atoms with Crippen molar-refractivity contribution in [3.8, 4) is 0 Å². The average molecular weight is 168 g/mol. The molecule has 0 aliphatic rings. The molecule has 0 fully saturated rings. The van der Waals surface area contributed by atoms with E-state index < -0.39 is 0 Å². The van der Waals surface area contributed by atoms with Crippen molar-refractivity contribution < 1.29 is 0 Å². The van der Waals surface area contributed by atoms with Gasteiger partial charge in [0.25, 0.3) is 0 Å². The third kappa shape index (κ3) is 3.56. The topological polar surface area (TPSA) is 15.6 Å². The summed E-state index contributed by atoms with van der Waals surface area (Å²) in [4.78, 5) is 6.43. The van der Waals surface area contributed by atoms with E-state index in [0.717, 1.165) is 30.8 Å². The second-order valence-electron chi connectivity index (χ2n) is 3.01. The molecule has 0 N–H and O–H groups in total. The summed E-state index contributed by atoms with van der Waals surface area (Å²) in [6.45, 7) is 9.05.